The Balaban J connectivity index is 1.93. The van der Waals surface area contributed by atoms with Gasteiger partial charge in [-0.2, -0.15) is 0 Å². The van der Waals surface area contributed by atoms with E-state index >= 15 is 0 Å². The number of imidazole rings is 1. The Kier molecular flexibility index (Phi) is 4.11. The highest BCUT2D eigenvalue weighted by atomic mass is 16.5. The summed E-state index contributed by atoms with van der Waals surface area (Å²) in [4.78, 5) is 28.7. The molecule has 0 atom stereocenters. The maximum Gasteiger partial charge on any atom is 0.252 e. The van der Waals surface area contributed by atoms with Gasteiger partial charge in [0, 0.05) is 30.4 Å². The van der Waals surface area contributed by atoms with Crippen molar-refractivity contribution in [1.29, 1.82) is 0 Å². The molecule has 4 rings (SSSR count). The molecule has 4 N–H and O–H groups in total. The van der Waals surface area contributed by atoms with Crippen LogP contribution in [0.5, 0.6) is 5.75 Å². The second-order valence-electron chi connectivity index (χ2n) is 6.89. The highest BCUT2D eigenvalue weighted by Gasteiger charge is 2.50. The van der Waals surface area contributed by atoms with Crippen molar-refractivity contribution >= 4 is 22.8 Å². The van der Waals surface area contributed by atoms with Crippen molar-refractivity contribution in [2.75, 3.05) is 13.2 Å². The third-order valence-corrected chi connectivity index (χ3v) is 5.17. The van der Waals surface area contributed by atoms with E-state index in [1.807, 2.05) is 11.6 Å². The van der Waals surface area contributed by atoms with Crippen molar-refractivity contribution in [3.63, 3.8) is 0 Å². The average molecular weight is 384 g/mol. The normalized spacial score (nSPS) is 15.4. The third kappa shape index (κ3) is 2.55. The SMILES string of the molecule is Cc1oc2ccc(OCc3nccn3C)c(C3(C(N)=O)COC3)c2c1C(N)=O. The summed E-state index contributed by atoms with van der Waals surface area (Å²) < 4.78 is 18.8. The predicted octanol–water partition coefficient (Wildman–Crippen LogP) is 0.906. The fourth-order valence-corrected chi connectivity index (χ4v) is 3.58. The molecule has 28 heavy (non-hydrogen) atoms. The minimum atomic E-state index is -1.13. The van der Waals surface area contributed by atoms with Crippen LogP contribution in [0, 0.1) is 6.92 Å². The zero-order chi connectivity index (χ0) is 20.1. The molecule has 0 saturated carbocycles. The van der Waals surface area contributed by atoms with E-state index in [0.29, 0.717) is 33.9 Å². The van der Waals surface area contributed by atoms with Crippen molar-refractivity contribution in [3.8, 4) is 5.75 Å². The average Bonchev–Trinajstić information content (AvgIpc) is 3.14. The van der Waals surface area contributed by atoms with Crippen LogP contribution in [0.15, 0.2) is 28.9 Å². The van der Waals surface area contributed by atoms with Crippen molar-refractivity contribution in [1.82, 2.24) is 9.55 Å². The Morgan fingerprint density at radius 2 is 2.07 bits per heavy atom. The summed E-state index contributed by atoms with van der Waals surface area (Å²) in [6, 6.07) is 3.37. The van der Waals surface area contributed by atoms with Gasteiger partial charge in [0.05, 0.1) is 18.8 Å². The molecular formula is C19H20N4O5. The fourth-order valence-electron chi connectivity index (χ4n) is 3.58. The summed E-state index contributed by atoms with van der Waals surface area (Å²) in [5.74, 6) is 0.245. The van der Waals surface area contributed by atoms with Gasteiger partial charge >= 0.3 is 0 Å². The molecule has 0 unspecified atom stereocenters. The molecule has 1 fully saturated rings. The lowest BCUT2D eigenvalue weighted by atomic mass is 9.75. The number of nitrogens with zero attached hydrogens (tertiary/aromatic N) is 2. The molecule has 0 radical (unpaired) electrons. The molecule has 0 spiro atoms. The van der Waals surface area contributed by atoms with Gasteiger partial charge in [0.25, 0.3) is 5.91 Å². The first-order valence-corrected chi connectivity index (χ1v) is 8.68. The van der Waals surface area contributed by atoms with E-state index in [9.17, 15) is 9.59 Å². The Labute approximate surface area is 160 Å². The fraction of sp³-hybridized carbons (Fsp3) is 0.316. The quantitative estimate of drug-likeness (QED) is 0.648. The lowest BCUT2D eigenvalue weighted by Crippen LogP contribution is -2.56. The Hall–Kier alpha value is -3.33. The minimum absolute atomic E-state index is 0.0860. The second kappa shape index (κ2) is 6.38. The van der Waals surface area contributed by atoms with Gasteiger partial charge in [-0.1, -0.05) is 0 Å². The molecule has 2 aromatic heterocycles. The smallest absolute Gasteiger partial charge is 0.252 e. The molecule has 3 aromatic rings. The van der Waals surface area contributed by atoms with E-state index < -0.39 is 17.2 Å². The van der Waals surface area contributed by atoms with Crippen LogP contribution in [-0.2, 0) is 28.6 Å². The van der Waals surface area contributed by atoms with E-state index in [1.165, 1.54) is 0 Å². The summed E-state index contributed by atoms with van der Waals surface area (Å²) in [7, 11) is 1.85. The van der Waals surface area contributed by atoms with Gasteiger partial charge in [-0.15, -0.1) is 0 Å². The molecule has 1 aliphatic rings. The molecule has 3 heterocycles. The van der Waals surface area contributed by atoms with Gasteiger partial charge < -0.3 is 29.9 Å². The molecule has 0 bridgehead atoms. The number of carbonyl (C=O) groups excluding carboxylic acids is 2. The number of carbonyl (C=O) groups is 2. The van der Waals surface area contributed by atoms with Crippen molar-refractivity contribution in [2.45, 2.75) is 18.9 Å². The molecule has 1 aliphatic heterocycles. The van der Waals surface area contributed by atoms with Crippen molar-refractivity contribution in [2.24, 2.45) is 18.5 Å². The van der Waals surface area contributed by atoms with E-state index in [0.717, 1.165) is 0 Å². The summed E-state index contributed by atoms with van der Waals surface area (Å²) in [5.41, 5.74) is 11.3. The highest BCUT2D eigenvalue weighted by molar-refractivity contribution is 6.10. The number of aromatic nitrogens is 2. The van der Waals surface area contributed by atoms with Crippen LogP contribution in [0.2, 0.25) is 0 Å². The molecule has 1 saturated heterocycles. The molecule has 9 nitrogen and oxygen atoms in total. The maximum atomic E-state index is 12.4. The summed E-state index contributed by atoms with van der Waals surface area (Å²) in [6.45, 7) is 1.98. The number of rotatable bonds is 6. The number of hydrogen-bond acceptors (Lipinski definition) is 6. The summed E-state index contributed by atoms with van der Waals surface area (Å²) >= 11 is 0. The van der Waals surface area contributed by atoms with Crippen LogP contribution in [-0.4, -0.2) is 34.6 Å². The van der Waals surface area contributed by atoms with Gasteiger partial charge in [0.1, 0.15) is 34.9 Å². The Morgan fingerprint density at radius 1 is 1.32 bits per heavy atom. The van der Waals surface area contributed by atoms with Gasteiger partial charge in [-0.3, -0.25) is 9.59 Å². The zero-order valence-electron chi connectivity index (χ0n) is 15.5. The zero-order valence-corrected chi connectivity index (χ0v) is 15.5. The monoisotopic (exact) mass is 384 g/mol. The first-order valence-electron chi connectivity index (χ1n) is 8.68. The minimum Gasteiger partial charge on any atom is -0.485 e. The van der Waals surface area contributed by atoms with E-state index in [4.69, 9.17) is 25.4 Å². The number of aryl methyl sites for hydroxylation is 2. The number of nitrogens with two attached hydrogens (primary N) is 2. The first kappa shape index (κ1) is 18.1. The van der Waals surface area contributed by atoms with Crippen LogP contribution in [0.4, 0.5) is 0 Å². The van der Waals surface area contributed by atoms with Crippen LogP contribution in [0.1, 0.15) is 27.5 Å². The van der Waals surface area contributed by atoms with E-state index in [2.05, 4.69) is 4.98 Å². The first-order chi connectivity index (χ1) is 13.3. The molecule has 9 heteroatoms. The van der Waals surface area contributed by atoms with Gasteiger partial charge in [0.15, 0.2) is 0 Å². The van der Waals surface area contributed by atoms with Crippen LogP contribution in [0.25, 0.3) is 11.0 Å². The van der Waals surface area contributed by atoms with Crippen LogP contribution < -0.4 is 16.2 Å². The number of amides is 2. The second-order valence-corrected chi connectivity index (χ2v) is 6.89. The molecular weight excluding hydrogens is 364 g/mol. The molecule has 0 aliphatic carbocycles. The third-order valence-electron chi connectivity index (χ3n) is 5.17. The number of hydrogen-bond donors (Lipinski definition) is 2. The van der Waals surface area contributed by atoms with Crippen LogP contribution >= 0.6 is 0 Å². The van der Waals surface area contributed by atoms with Crippen LogP contribution in [0.3, 0.4) is 0 Å². The largest absolute Gasteiger partial charge is 0.485 e. The number of primary amides is 2. The van der Waals surface area contributed by atoms with Gasteiger partial charge in [-0.05, 0) is 19.1 Å². The topological polar surface area (TPSA) is 136 Å². The number of benzene rings is 1. The lowest BCUT2D eigenvalue weighted by molar-refractivity contribution is -0.141. The lowest BCUT2D eigenvalue weighted by Gasteiger charge is -2.40. The Bertz CT molecular complexity index is 1090. The summed E-state index contributed by atoms with van der Waals surface area (Å²) in [5, 5.41) is 0.435. The standard InChI is InChI=1S/C19H20N4O5/c1-10-14(17(20)24)15-11(28-10)3-4-12(27-7-13-22-5-6-23(13)2)16(15)19(18(21)25)8-26-9-19/h3-6H,7-9H2,1-2H3,(H2,20,24)(H2,21,25). The number of ether oxygens (including phenoxy) is 2. The van der Waals surface area contributed by atoms with Crippen molar-refractivity contribution < 1.29 is 23.5 Å². The van der Waals surface area contributed by atoms with Crippen molar-refractivity contribution in [3.05, 3.63) is 47.2 Å². The highest BCUT2D eigenvalue weighted by Crippen LogP contribution is 2.45. The predicted molar refractivity (Wildman–Crippen MR) is 98.7 cm³/mol. The summed E-state index contributed by atoms with van der Waals surface area (Å²) in [6.07, 6.45) is 3.47. The van der Waals surface area contributed by atoms with Gasteiger partial charge in [0.2, 0.25) is 5.91 Å². The molecule has 2 amide bonds. The number of furan rings is 1. The van der Waals surface area contributed by atoms with E-state index in [1.54, 1.807) is 31.5 Å². The van der Waals surface area contributed by atoms with E-state index in [-0.39, 0.29) is 25.4 Å². The number of fused-ring (bicyclic) bond motifs is 1. The molecule has 146 valence electrons. The maximum absolute atomic E-state index is 12.4. The molecule has 1 aromatic carbocycles. The Morgan fingerprint density at radius 3 is 2.61 bits per heavy atom. The van der Waals surface area contributed by atoms with Gasteiger partial charge in [-0.25, -0.2) is 4.98 Å².